The highest BCUT2D eigenvalue weighted by Gasteiger charge is 2.22. The first-order valence-corrected chi connectivity index (χ1v) is 7.22. The maximum atomic E-state index is 12.2. The molecular formula is C16H19N5O2. The molecular weight excluding hydrogens is 294 g/mol. The van der Waals surface area contributed by atoms with Crippen LogP contribution in [-0.2, 0) is 9.59 Å². The number of amides is 2. The van der Waals surface area contributed by atoms with Crippen molar-refractivity contribution in [3.05, 3.63) is 42.7 Å². The van der Waals surface area contributed by atoms with Crippen LogP contribution in [0.25, 0.3) is 11.4 Å². The largest absolute Gasteiger partial charge is 0.331 e. The summed E-state index contributed by atoms with van der Waals surface area (Å²) in [5.41, 5.74) is 2.40. The van der Waals surface area contributed by atoms with E-state index < -0.39 is 11.8 Å². The minimum Gasteiger partial charge on any atom is -0.331 e. The summed E-state index contributed by atoms with van der Waals surface area (Å²) in [5.74, 6) is -1.32. The summed E-state index contributed by atoms with van der Waals surface area (Å²) in [6, 6.07) is 5.40. The van der Waals surface area contributed by atoms with Gasteiger partial charge in [-0.2, -0.15) is 5.10 Å². The molecule has 2 rings (SSSR count). The van der Waals surface area contributed by atoms with Crippen LogP contribution >= 0.6 is 0 Å². The van der Waals surface area contributed by atoms with Crippen molar-refractivity contribution < 1.29 is 9.59 Å². The second kappa shape index (κ2) is 7.35. The summed E-state index contributed by atoms with van der Waals surface area (Å²) in [6.07, 6.45) is 3.09. The Kier molecular flexibility index (Phi) is 5.24. The molecule has 2 amide bonds. The number of aromatic nitrogens is 3. The van der Waals surface area contributed by atoms with Crippen molar-refractivity contribution >= 4 is 17.5 Å². The van der Waals surface area contributed by atoms with Crippen LogP contribution in [0.5, 0.6) is 0 Å². The van der Waals surface area contributed by atoms with Crippen LogP contribution in [0.2, 0.25) is 0 Å². The van der Waals surface area contributed by atoms with Gasteiger partial charge in [-0.15, -0.1) is 0 Å². The molecule has 0 radical (unpaired) electrons. The normalized spacial score (nSPS) is 10.2. The van der Waals surface area contributed by atoms with Crippen molar-refractivity contribution in [2.45, 2.75) is 13.8 Å². The van der Waals surface area contributed by atoms with E-state index in [0.717, 1.165) is 5.57 Å². The van der Waals surface area contributed by atoms with Gasteiger partial charge in [0.05, 0.1) is 17.6 Å². The molecule has 0 fully saturated rings. The second-order valence-electron chi connectivity index (χ2n) is 5.10. The van der Waals surface area contributed by atoms with E-state index in [9.17, 15) is 9.59 Å². The molecule has 0 unspecified atom stereocenters. The average molecular weight is 313 g/mol. The summed E-state index contributed by atoms with van der Waals surface area (Å²) in [7, 11) is 0. The van der Waals surface area contributed by atoms with Gasteiger partial charge < -0.3 is 10.2 Å². The van der Waals surface area contributed by atoms with Gasteiger partial charge in [0.15, 0.2) is 0 Å². The zero-order valence-corrected chi connectivity index (χ0v) is 13.2. The lowest BCUT2D eigenvalue weighted by Crippen LogP contribution is -2.40. The van der Waals surface area contributed by atoms with E-state index in [0.29, 0.717) is 30.2 Å². The van der Waals surface area contributed by atoms with E-state index in [1.54, 1.807) is 18.3 Å². The number of aromatic amines is 1. The Hall–Kier alpha value is -2.96. The molecule has 2 aromatic heterocycles. The molecule has 0 spiro atoms. The van der Waals surface area contributed by atoms with Crippen LogP contribution < -0.4 is 5.32 Å². The lowest BCUT2D eigenvalue weighted by Gasteiger charge is -2.20. The molecule has 0 aromatic carbocycles. The van der Waals surface area contributed by atoms with Gasteiger partial charge in [-0.05, 0) is 26.0 Å². The van der Waals surface area contributed by atoms with Crippen LogP contribution in [0.15, 0.2) is 42.7 Å². The zero-order valence-electron chi connectivity index (χ0n) is 13.2. The van der Waals surface area contributed by atoms with E-state index in [1.165, 1.54) is 11.1 Å². The highest BCUT2D eigenvalue weighted by Crippen LogP contribution is 2.22. The van der Waals surface area contributed by atoms with Crippen molar-refractivity contribution in [1.29, 1.82) is 0 Å². The molecule has 0 bridgehead atoms. The van der Waals surface area contributed by atoms with Crippen LogP contribution in [0, 0.1) is 0 Å². The molecule has 0 aliphatic carbocycles. The number of likely N-dealkylation sites (N-methyl/N-ethyl adjacent to an activating group) is 1. The molecule has 2 N–H and O–H groups in total. The minimum atomic E-state index is -0.716. The molecule has 120 valence electrons. The fourth-order valence-electron chi connectivity index (χ4n) is 2.06. The number of anilines is 1. The van der Waals surface area contributed by atoms with Gasteiger partial charge in [-0.3, -0.25) is 19.7 Å². The Balaban J connectivity index is 2.14. The number of carbonyl (C=O) groups excluding carboxylic acids is 2. The molecule has 0 aliphatic heterocycles. The summed E-state index contributed by atoms with van der Waals surface area (Å²) in [6.45, 7) is 8.16. The van der Waals surface area contributed by atoms with Gasteiger partial charge in [-0.1, -0.05) is 18.2 Å². The van der Waals surface area contributed by atoms with Crippen molar-refractivity contribution in [2.24, 2.45) is 0 Å². The molecule has 0 atom stereocenters. The Labute approximate surface area is 134 Å². The first kappa shape index (κ1) is 16.4. The lowest BCUT2D eigenvalue weighted by molar-refractivity contribution is -0.142. The fourth-order valence-corrected chi connectivity index (χ4v) is 2.06. The molecule has 7 nitrogen and oxygen atoms in total. The highest BCUT2D eigenvalue weighted by molar-refractivity contribution is 6.39. The van der Waals surface area contributed by atoms with Crippen LogP contribution in [0.3, 0.4) is 0 Å². The number of carbonyl (C=O) groups is 2. The Morgan fingerprint density at radius 2 is 2.17 bits per heavy atom. The Bertz CT molecular complexity index is 708. The first-order valence-electron chi connectivity index (χ1n) is 7.22. The van der Waals surface area contributed by atoms with Gasteiger partial charge in [0.2, 0.25) is 0 Å². The minimum absolute atomic E-state index is 0.348. The third kappa shape index (κ3) is 4.03. The summed E-state index contributed by atoms with van der Waals surface area (Å²) >= 11 is 0. The fraction of sp³-hybridized carbons (Fsp3) is 0.250. The molecule has 0 saturated carbocycles. The van der Waals surface area contributed by atoms with Gasteiger partial charge in [0, 0.05) is 19.3 Å². The molecule has 2 aromatic rings. The van der Waals surface area contributed by atoms with Crippen molar-refractivity contribution in [3.8, 4) is 11.4 Å². The number of nitrogens with one attached hydrogen (secondary N) is 2. The average Bonchev–Trinajstić information content (AvgIpc) is 3.00. The topological polar surface area (TPSA) is 91.0 Å². The molecule has 2 heterocycles. The monoisotopic (exact) mass is 313 g/mol. The molecule has 7 heteroatoms. The second-order valence-corrected chi connectivity index (χ2v) is 5.10. The first-order chi connectivity index (χ1) is 11.0. The highest BCUT2D eigenvalue weighted by atomic mass is 16.2. The number of hydrogen-bond donors (Lipinski definition) is 2. The van der Waals surface area contributed by atoms with Gasteiger partial charge in [0.25, 0.3) is 0 Å². The van der Waals surface area contributed by atoms with Crippen LogP contribution in [0.4, 0.5) is 5.69 Å². The van der Waals surface area contributed by atoms with Crippen molar-refractivity contribution in [2.75, 3.05) is 18.4 Å². The van der Waals surface area contributed by atoms with E-state index in [2.05, 4.69) is 27.1 Å². The smallest absolute Gasteiger partial charge is 0.314 e. The molecule has 23 heavy (non-hydrogen) atoms. The lowest BCUT2D eigenvalue weighted by atomic mass is 10.2. The number of H-pyrrole nitrogens is 1. The number of hydrogen-bond acceptors (Lipinski definition) is 4. The van der Waals surface area contributed by atoms with Gasteiger partial charge in [0.1, 0.15) is 5.69 Å². The standard InChI is InChI=1S/C16H19N5O2/c1-4-21(10-11(2)3)16(23)15(22)19-13-9-18-20-14(13)12-7-5-6-8-17-12/h5-9H,2,4,10H2,1,3H3,(H,18,20)(H,19,22). The third-order valence-electron chi connectivity index (χ3n) is 3.13. The van der Waals surface area contributed by atoms with Gasteiger partial charge >= 0.3 is 11.8 Å². The van der Waals surface area contributed by atoms with Crippen molar-refractivity contribution in [1.82, 2.24) is 20.1 Å². The zero-order chi connectivity index (χ0) is 16.8. The van der Waals surface area contributed by atoms with E-state index >= 15 is 0 Å². The van der Waals surface area contributed by atoms with Crippen LogP contribution in [-0.4, -0.2) is 45.0 Å². The maximum absolute atomic E-state index is 12.2. The quantitative estimate of drug-likeness (QED) is 0.651. The molecule has 0 saturated heterocycles. The van der Waals surface area contributed by atoms with Crippen LogP contribution in [0.1, 0.15) is 13.8 Å². The third-order valence-corrected chi connectivity index (χ3v) is 3.13. The maximum Gasteiger partial charge on any atom is 0.314 e. The van der Waals surface area contributed by atoms with Crippen molar-refractivity contribution in [3.63, 3.8) is 0 Å². The predicted octanol–water partition coefficient (Wildman–Crippen LogP) is 1.83. The number of pyridine rings is 1. The molecule has 0 aliphatic rings. The number of rotatable bonds is 5. The summed E-state index contributed by atoms with van der Waals surface area (Å²) < 4.78 is 0. The number of nitrogens with zero attached hydrogens (tertiary/aromatic N) is 3. The summed E-state index contributed by atoms with van der Waals surface area (Å²) in [4.78, 5) is 30.0. The predicted molar refractivity (Wildman–Crippen MR) is 87.5 cm³/mol. The Morgan fingerprint density at radius 3 is 2.78 bits per heavy atom. The van der Waals surface area contributed by atoms with E-state index in [-0.39, 0.29) is 0 Å². The van der Waals surface area contributed by atoms with E-state index in [1.807, 2.05) is 19.9 Å². The summed E-state index contributed by atoms with van der Waals surface area (Å²) in [5, 5.41) is 9.26. The van der Waals surface area contributed by atoms with Gasteiger partial charge in [-0.25, -0.2) is 0 Å². The SMILES string of the molecule is C=C(C)CN(CC)C(=O)C(=O)Nc1cn[nH]c1-c1ccccn1. The van der Waals surface area contributed by atoms with E-state index in [4.69, 9.17) is 0 Å². The Morgan fingerprint density at radius 1 is 1.39 bits per heavy atom.